The molecule has 0 spiro atoms. The minimum absolute atomic E-state index is 0.115. The molecule has 3 atom stereocenters. The van der Waals surface area contributed by atoms with E-state index in [1.165, 1.54) is 13.1 Å². The molecule has 0 saturated carbocycles. The summed E-state index contributed by atoms with van der Waals surface area (Å²) in [5.41, 5.74) is -1.18. The first-order chi connectivity index (χ1) is 13.4. The van der Waals surface area contributed by atoms with Gasteiger partial charge in [-0.25, -0.2) is 0 Å². The van der Waals surface area contributed by atoms with Gasteiger partial charge in [0.1, 0.15) is 5.41 Å². The van der Waals surface area contributed by atoms with Crippen LogP contribution in [0.25, 0.3) is 0 Å². The number of hydrogen-bond donors (Lipinski definition) is 2. The van der Waals surface area contributed by atoms with Crippen molar-refractivity contribution < 1.29 is 19.4 Å². The van der Waals surface area contributed by atoms with Crippen LogP contribution >= 0.6 is 7.37 Å². The molecule has 0 fully saturated rings. The normalized spacial score (nSPS) is 16.5. The lowest BCUT2D eigenvalue weighted by Crippen LogP contribution is -2.39. The number of aromatic nitrogens is 1. The van der Waals surface area contributed by atoms with E-state index >= 15 is 0 Å². The SMILES string of the molecule is CC(C(=O)O)(c1cccnc1)C(c1ccccc1)P(=O)(O)Cc1ccccc1. The predicted molar refractivity (Wildman–Crippen MR) is 108 cm³/mol. The molecule has 0 saturated heterocycles. The van der Waals surface area contributed by atoms with E-state index in [4.69, 9.17) is 0 Å². The highest BCUT2D eigenvalue weighted by atomic mass is 31.2. The number of carboxylic acid groups (broad SMARTS) is 1. The summed E-state index contributed by atoms with van der Waals surface area (Å²) < 4.78 is 13.7. The second-order valence-corrected chi connectivity index (χ2v) is 9.31. The minimum Gasteiger partial charge on any atom is -0.481 e. The van der Waals surface area contributed by atoms with Gasteiger partial charge < -0.3 is 10.00 Å². The Balaban J connectivity index is 2.19. The fourth-order valence-corrected chi connectivity index (χ4v) is 6.23. The van der Waals surface area contributed by atoms with Crippen LogP contribution < -0.4 is 0 Å². The lowest BCUT2D eigenvalue weighted by atomic mass is 9.77. The Bertz CT molecular complexity index is 979. The molecule has 144 valence electrons. The molecule has 1 heterocycles. The fraction of sp³-hybridized carbons (Fsp3) is 0.182. The van der Waals surface area contributed by atoms with Crippen LogP contribution in [-0.4, -0.2) is 21.0 Å². The second-order valence-electron chi connectivity index (χ2n) is 6.96. The summed E-state index contributed by atoms with van der Waals surface area (Å²) in [5, 5.41) is 10.2. The molecule has 2 aromatic carbocycles. The maximum Gasteiger partial charge on any atom is 0.315 e. The summed E-state index contributed by atoms with van der Waals surface area (Å²) in [6, 6.07) is 20.9. The van der Waals surface area contributed by atoms with Gasteiger partial charge in [0.15, 0.2) is 0 Å². The van der Waals surface area contributed by atoms with Crippen molar-refractivity contribution in [1.29, 1.82) is 0 Å². The number of pyridine rings is 1. The van der Waals surface area contributed by atoms with Crippen molar-refractivity contribution in [2.75, 3.05) is 0 Å². The highest BCUT2D eigenvalue weighted by molar-refractivity contribution is 7.57. The number of rotatable bonds is 7. The van der Waals surface area contributed by atoms with Crippen molar-refractivity contribution in [2.45, 2.75) is 24.2 Å². The van der Waals surface area contributed by atoms with Crippen LogP contribution in [0.4, 0.5) is 0 Å². The van der Waals surface area contributed by atoms with E-state index in [9.17, 15) is 19.4 Å². The van der Waals surface area contributed by atoms with Crippen LogP contribution in [0, 0.1) is 0 Å². The van der Waals surface area contributed by atoms with Crippen molar-refractivity contribution in [3.05, 3.63) is 102 Å². The first-order valence-corrected chi connectivity index (χ1v) is 10.8. The number of carboxylic acids is 1. The standard InChI is InChI=1S/C22H22NO4P/c1-22(21(24)25,19-13-8-14-23-15-19)20(18-11-6-3-7-12-18)28(26,27)16-17-9-4-2-5-10-17/h2-15,20H,16H2,1H3,(H,24,25)(H,26,27). The molecule has 0 aliphatic heterocycles. The number of carbonyl (C=O) groups is 1. The second kappa shape index (κ2) is 8.09. The molecule has 3 unspecified atom stereocenters. The lowest BCUT2D eigenvalue weighted by Gasteiger charge is -2.37. The van der Waals surface area contributed by atoms with Gasteiger partial charge >= 0.3 is 5.97 Å². The first-order valence-electron chi connectivity index (χ1n) is 8.90. The Morgan fingerprint density at radius 1 is 1.04 bits per heavy atom. The third kappa shape index (κ3) is 3.91. The molecule has 3 aromatic rings. The summed E-state index contributed by atoms with van der Waals surface area (Å²) in [6.45, 7) is 1.50. The van der Waals surface area contributed by atoms with Gasteiger partial charge in [0.25, 0.3) is 0 Å². The van der Waals surface area contributed by atoms with Gasteiger partial charge in [-0.2, -0.15) is 0 Å². The van der Waals surface area contributed by atoms with E-state index in [-0.39, 0.29) is 6.16 Å². The number of aliphatic carboxylic acids is 1. The molecule has 28 heavy (non-hydrogen) atoms. The molecule has 0 aliphatic rings. The maximum absolute atomic E-state index is 13.7. The average Bonchev–Trinajstić information content (AvgIpc) is 2.69. The molecule has 2 N–H and O–H groups in total. The zero-order valence-corrected chi connectivity index (χ0v) is 16.4. The lowest BCUT2D eigenvalue weighted by molar-refractivity contribution is -0.143. The van der Waals surface area contributed by atoms with Gasteiger partial charge in [-0.1, -0.05) is 66.7 Å². The molecule has 5 nitrogen and oxygen atoms in total. The molecule has 0 radical (unpaired) electrons. The molecule has 0 amide bonds. The Morgan fingerprint density at radius 2 is 1.64 bits per heavy atom. The number of hydrogen-bond acceptors (Lipinski definition) is 3. The molecule has 1 aromatic heterocycles. The quantitative estimate of drug-likeness (QED) is 0.569. The van der Waals surface area contributed by atoms with Gasteiger partial charge in [-0.05, 0) is 29.7 Å². The highest BCUT2D eigenvalue weighted by Crippen LogP contribution is 2.65. The van der Waals surface area contributed by atoms with E-state index in [1.807, 2.05) is 6.07 Å². The van der Waals surface area contributed by atoms with Crippen LogP contribution in [0.3, 0.4) is 0 Å². The van der Waals surface area contributed by atoms with Gasteiger partial charge in [0, 0.05) is 12.4 Å². The van der Waals surface area contributed by atoms with E-state index in [1.54, 1.807) is 72.9 Å². The Morgan fingerprint density at radius 3 is 2.18 bits per heavy atom. The van der Waals surface area contributed by atoms with Crippen molar-refractivity contribution in [2.24, 2.45) is 0 Å². The summed E-state index contributed by atoms with van der Waals surface area (Å²) in [4.78, 5) is 27.7. The van der Waals surface area contributed by atoms with Crippen molar-refractivity contribution in [1.82, 2.24) is 4.98 Å². The van der Waals surface area contributed by atoms with E-state index in [0.29, 0.717) is 16.7 Å². The Hall–Kier alpha value is -2.75. The van der Waals surface area contributed by atoms with Gasteiger partial charge in [0.05, 0.1) is 11.8 Å². The molecular weight excluding hydrogens is 373 g/mol. The topological polar surface area (TPSA) is 87.5 Å². The minimum atomic E-state index is -4.00. The largest absolute Gasteiger partial charge is 0.481 e. The Kier molecular flexibility index (Phi) is 5.78. The van der Waals surface area contributed by atoms with Crippen LogP contribution in [-0.2, 0) is 20.9 Å². The van der Waals surface area contributed by atoms with E-state index < -0.39 is 24.4 Å². The monoisotopic (exact) mass is 395 g/mol. The molecule has 0 bridgehead atoms. The van der Waals surface area contributed by atoms with E-state index in [2.05, 4.69) is 4.98 Å². The summed E-state index contributed by atoms with van der Waals surface area (Å²) in [5.74, 6) is -1.17. The Labute approximate surface area is 164 Å². The van der Waals surface area contributed by atoms with Gasteiger partial charge in [-0.15, -0.1) is 0 Å². The van der Waals surface area contributed by atoms with E-state index in [0.717, 1.165) is 0 Å². The highest BCUT2D eigenvalue weighted by Gasteiger charge is 2.52. The van der Waals surface area contributed by atoms with Crippen molar-refractivity contribution >= 4 is 13.3 Å². The van der Waals surface area contributed by atoms with Crippen LogP contribution in [0.15, 0.2) is 85.2 Å². The third-order valence-corrected chi connectivity index (χ3v) is 7.46. The first kappa shape index (κ1) is 20.0. The van der Waals surface area contributed by atoms with Crippen LogP contribution in [0.5, 0.6) is 0 Å². The molecule has 0 aliphatic carbocycles. The van der Waals surface area contributed by atoms with Gasteiger partial charge in [-0.3, -0.25) is 14.3 Å². The zero-order chi connectivity index (χ0) is 20.2. The third-order valence-electron chi connectivity index (χ3n) is 5.02. The average molecular weight is 395 g/mol. The van der Waals surface area contributed by atoms with Crippen molar-refractivity contribution in [3.63, 3.8) is 0 Å². The van der Waals surface area contributed by atoms with Crippen LogP contribution in [0.1, 0.15) is 29.3 Å². The maximum atomic E-state index is 13.7. The number of nitrogens with zero attached hydrogens (tertiary/aromatic N) is 1. The molecular formula is C22H22NO4P. The summed E-state index contributed by atoms with van der Waals surface area (Å²) >= 11 is 0. The predicted octanol–water partition coefficient (Wildman–Crippen LogP) is 4.64. The number of benzene rings is 2. The zero-order valence-electron chi connectivity index (χ0n) is 15.5. The fourth-order valence-electron chi connectivity index (χ4n) is 3.61. The summed E-state index contributed by atoms with van der Waals surface area (Å²) in [7, 11) is -4.00. The smallest absolute Gasteiger partial charge is 0.315 e. The molecule has 3 rings (SSSR count). The molecule has 6 heteroatoms. The van der Waals surface area contributed by atoms with Gasteiger partial charge in [0.2, 0.25) is 7.37 Å². The van der Waals surface area contributed by atoms with Crippen LogP contribution in [0.2, 0.25) is 0 Å². The van der Waals surface area contributed by atoms with Crippen molar-refractivity contribution in [3.8, 4) is 0 Å². The summed E-state index contributed by atoms with van der Waals surface area (Å²) in [6.07, 6.45) is 2.88.